The second-order valence-corrected chi connectivity index (χ2v) is 6.11. The highest BCUT2D eigenvalue weighted by atomic mass is 19.1. The van der Waals surface area contributed by atoms with Gasteiger partial charge in [0, 0.05) is 24.7 Å². The van der Waals surface area contributed by atoms with Crippen molar-refractivity contribution in [3.05, 3.63) is 51.9 Å². The maximum atomic E-state index is 13.8. The number of fused-ring (bicyclic) bond motifs is 1. The van der Waals surface area contributed by atoms with Crippen LogP contribution in [0.15, 0.2) is 16.7 Å². The quantitative estimate of drug-likeness (QED) is 0.915. The molecule has 3 rings (SSSR count). The summed E-state index contributed by atoms with van der Waals surface area (Å²) in [5, 5.41) is 6.78. The van der Waals surface area contributed by atoms with Crippen molar-refractivity contribution >= 4 is 6.03 Å². The molecule has 1 aliphatic heterocycles. The molecule has 1 aromatic heterocycles. The first-order valence-electron chi connectivity index (χ1n) is 7.81. The number of carbonyl (C=O) groups is 1. The highest BCUT2D eigenvalue weighted by molar-refractivity contribution is 5.75. The van der Waals surface area contributed by atoms with Gasteiger partial charge in [0.2, 0.25) is 0 Å². The van der Waals surface area contributed by atoms with E-state index in [4.69, 9.17) is 4.52 Å². The lowest BCUT2D eigenvalue weighted by Gasteiger charge is -2.30. The van der Waals surface area contributed by atoms with Crippen molar-refractivity contribution < 1.29 is 18.1 Å². The molecule has 1 atom stereocenters. The van der Waals surface area contributed by atoms with Crippen molar-refractivity contribution in [3.8, 4) is 0 Å². The number of amides is 2. The molecule has 0 radical (unpaired) electrons. The van der Waals surface area contributed by atoms with Crippen LogP contribution in [0.4, 0.5) is 13.6 Å². The number of aryl methyl sites for hydroxylation is 2. The van der Waals surface area contributed by atoms with Crippen LogP contribution in [0, 0.1) is 25.5 Å². The van der Waals surface area contributed by atoms with Gasteiger partial charge in [-0.1, -0.05) is 5.16 Å². The molecule has 1 aliphatic rings. The second-order valence-electron chi connectivity index (χ2n) is 6.11. The summed E-state index contributed by atoms with van der Waals surface area (Å²) >= 11 is 0. The number of benzene rings is 1. The molecule has 0 bridgehead atoms. The van der Waals surface area contributed by atoms with Gasteiger partial charge in [0.25, 0.3) is 0 Å². The number of hydrogen-bond donors (Lipinski definition) is 1. The number of urea groups is 1. The number of carbonyl (C=O) groups excluding carboxylic acids is 1. The van der Waals surface area contributed by atoms with Gasteiger partial charge in [-0.15, -0.1) is 0 Å². The monoisotopic (exact) mass is 335 g/mol. The predicted octanol–water partition coefficient (Wildman–Crippen LogP) is 3.40. The van der Waals surface area contributed by atoms with E-state index in [2.05, 4.69) is 10.5 Å². The largest absolute Gasteiger partial charge is 0.361 e. The van der Waals surface area contributed by atoms with Crippen LogP contribution in [0.5, 0.6) is 0 Å². The number of halogens is 2. The van der Waals surface area contributed by atoms with Crippen molar-refractivity contribution in [2.24, 2.45) is 0 Å². The third kappa shape index (κ3) is 2.98. The average molecular weight is 335 g/mol. The first-order chi connectivity index (χ1) is 11.4. The first-order valence-corrected chi connectivity index (χ1v) is 7.81. The molecule has 1 aromatic carbocycles. The normalized spacial score (nSPS) is 15.1. The smallest absolute Gasteiger partial charge is 0.318 e. The molecule has 0 fully saturated rings. The molecule has 7 heteroatoms. The maximum Gasteiger partial charge on any atom is 0.318 e. The van der Waals surface area contributed by atoms with Gasteiger partial charge in [-0.25, -0.2) is 13.6 Å². The molecule has 2 amide bonds. The van der Waals surface area contributed by atoms with Crippen LogP contribution in [-0.4, -0.2) is 22.6 Å². The van der Waals surface area contributed by atoms with Gasteiger partial charge in [0.15, 0.2) is 0 Å². The van der Waals surface area contributed by atoms with E-state index < -0.39 is 11.6 Å². The number of aromatic nitrogens is 1. The summed E-state index contributed by atoms with van der Waals surface area (Å²) in [6.07, 6.45) is 0.370. The predicted molar refractivity (Wildman–Crippen MR) is 83.4 cm³/mol. The summed E-state index contributed by atoms with van der Waals surface area (Å²) < 4.78 is 32.3. The van der Waals surface area contributed by atoms with E-state index in [1.807, 2.05) is 13.8 Å². The van der Waals surface area contributed by atoms with E-state index in [-0.39, 0.29) is 18.6 Å². The molecule has 24 heavy (non-hydrogen) atoms. The van der Waals surface area contributed by atoms with E-state index in [9.17, 15) is 13.6 Å². The Bertz CT molecular complexity index is 769. The van der Waals surface area contributed by atoms with Gasteiger partial charge >= 0.3 is 6.03 Å². The molecular formula is C17H19F2N3O2. The van der Waals surface area contributed by atoms with E-state index in [0.29, 0.717) is 29.9 Å². The van der Waals surface area contributed by atoms with Gasteiger partial charge in [0.1, 0.15) is 17.4 Å². The molecular weight excluding hydrogens is 316 g/mol. The van der Waals surface area contributed by atoms with Crippen LogP contribution in [0.1, 0.15) is 41.1 Å². The third-order valence-corrected chi connectivity index (χ3v) is 4.39. The topological polar surface area (TPSA) is 58.4 Å². The molecule has 2 heterocycles. The van der Waals surface area contributed by atoms with Gasteiger partial charge in [-0.3, -0.25) is 0 Å². The lowest BCUT2D eigenvalue weighted by molar-refractivity contribution is 0.188. The molecule has 1 unspecified atom stereocenters. The van der Waals surface area contributed by atoms with Crippen molar-refractivity contribution in [3.63, 3.8) is 0 Å². The number of rotatable bonds is 2. The van der Waals surface area contributed by atoms with Crippen LogP contribution < -0.4 is 5.32 Å². The van der Waals surface area contributed by atoms with E-state index >= 15 is 0 Å². The van der Waals surface area contributed by atoms with E-state index in [1.54, 1.807) is 11.8 Å². The van der Waals surface area contributed by atoms with Crippen LogP contribution in [-0.2, 0) is 13.0 Å². The van der Waals surface area contributed by atoms with Crippen molar-refractivity contribution in [2.75, 3.05) is 6.54 Å². The first kappa shape index (κ1) is 16.4. The van der Waals surface area contributed by atoms with Gasteiger partial charge in [0.05, 0.1) is 11.7 Å². The zero-order valence-electron chi connectivity index (χ0n) is 13.8. The Morgan fingerprint density at radius 2 is 2.12 bits per heavy atom. The molecule has 0 saturated carbocycles. The molecule has 0 aliphatic carbocycles. The molecule has 5 nitrogen and oxygen atoms in total. The Morgan fingerprint density at radius 1 is 1.38 bits per heavy atom. The minimum atomic E-state index is -0.627. The van der Waals surface area contributed by atoms with Gasteiger partial charge in [-0.2, -0.15) is 0 Å². The van der Waals surface area contributed by atoms with Crippen LogP contribution in [0.25, 0.3) is 0 Å². The summed E-state index contributed by atoms with van der Waals surface area (Å²) in [6, 6.07) is 1.62. The highest BCUT2D eigenvalue weighted by Crippen LogP contribution is 2.25. The van der Waals surface area contributed by atoms with Crippen molar-refractivity contribution in [2.45, 2.75) is 39.8 Å². The Labute approximate surface area is 138 Å². The minimum absolute atomic E-state index is 0.185. The van der Waals surface area contributed by atoms with Crippen LogP contribution in [0.3, 0.4) is 0 Å². The highest BCUT2D eigenvalue weighted by Gasteiger charge is 2.26. The molecule has 0 saturated heterocycles. The molecule has 128 valence electrons. The van der Waals surface area contributed by atoms with Gasteiger partial charge in [-0.05, 0) is 44.4 Å². The van der Waals surface area contributed by atoms with Gasteiger partial charge < -0.3 is 14.7 Å². The maximum absolute atomic E-state index is 13.8. The Kier molecular flexibility index (Phi) is 4.26. The molecule has 0 spiro atoms. The van der Waals surface area contributed by atoms with E-state index in [1.165, 1.54) is 6.07 Å². The molecule has 2 aromatic rings. The summed E-state index contributed by atoms with van der Waals surface area (Å²) in [5.41, 5.74) is 2.57. The zero-order valence-corrected chi connectivity index (χ0v) is 13.8. The number of nitrogens with zero attached hydrogens (tertiary/aromatic N) is 2. The third-order valence-electron chi connectivity index (χ3n) is 4.39. The lowest BCUT2D eigenvalue weighted by Crippen LogP contribution is -2.43. The Morgan fingerprint density at radius 3 is 2.79 bits per heavy atom. The van der Waals surface area contributed by atoms with Crippen LogP contribution >= 0.6 is 0 Å². The van der Waals surface area contributed by atoms with Crippen molar-refractivity contribution in [1.29, 1.82) is 0 Å². The Hall–Kier alpha value is -2.44. The average Bonchev–Trinajstić information content (AvgIpc) is 2.85. The fraction of sp³-hybridized carbons (Fsp3) is 0.412. The summed E-state index contributed by atoms with van der Waals surface area (Å²) in [5.74, 6) is -0.514. The minimum Gasteiger partial charge on any atom is -0.361 e. The Balaban J connectivity index is 1.72. The number of hydrogen-bond acceptors (Lipinski definition) is 3. The standard InChI is InChI=1S/C17H19F2N3O2/c1-9(16-10(2)21-24-11(16)3)20-17(23)22-5-4-14-12(8-22)6-13(18)7-15(14)19/h6-7,9H,4-5,8H2,1-3H3,(H,20,23). The SMILES string of the molecule is Cc1noc(C)c1C(C)NC(=O)N1CCc2c(F)cc(F)cc2C1. The lowest BCUT2D eigenvalue weighted by atomic mass is 9.99. The second kappa shape index (κ2) is 6.22. The van der Waals surface area contributed by atoms with Crippen LogP contribution in [0.2, 0.25) is 0 Å². The zero-order chi connectivity index (χ0) is 17.4. The summed E-state index contributed by atoms with van der Waals surface area (Å²) in [6.45, 7) is 6.03. The summed E-state index contributed by atoms with van der Waals surface area (Å²) in [4.78, 5) is 14.0. The fourth-order valence-electron chi connectivity index (χ4n) is 3.24. The van der Waals surface area contributed by atoms with E-state index in [0.717, 1.165) is 17.3 Å². The molecule has 1 N–H and O–H groups in total. The summed E-state index contributed by atoms with van der Waals surface area (Å²) in [7, 11) is 0. The fourth-order valence-corrected chi connectivity index (χ4v) is 3.24. The van der Waals surface area contributed by atoms with Crippen molar-refractivity contribution in [1.82, 2.24) is 15.4 Å². The number of nitrogens with one attached hydrogen (secondary N) is 1.